The fourth-order valence-electron chi connectivity index (χ4n) is 2.08. The first kappa shape index (κ1) is 8.96. The molecule has 6 heteroatoms. The van der Waals surface area contributed by atoms with Crippen molar-refractivity contribution in [2.75, 3.05) is 24.7 Å². The maximum absolute atomic E-state index is 11.2. The summed E-state index contributed by atoms with van der Waals surface area (Å²) in [7, 11) is -3.17. The van der Waals surface area contributed by atoms with Crippen LogP contribution in [0.15, 0.2) is 0 Å². The van der Waals surface area contributed by atoms with Crippen LogP contribution < -0.4 is 0 Å². The summed E-state index contributed by atoms with van der Waals surface area (Å²) in [6.45, 7) is 0.289. The smallest absolute Gasteiger partial charge is 0.313 e. The van der Waals surface area contributed by atoms with Gasteiger partial charge in [-0.05, 0) is 0 Å². The molecule has 0 radical (unpaired) electrons. The van der Waals surface area contributed by atoms with Gasteiger partial charge in [0.15, 0.2) is 9.84 Å². The minimum atomic E-state index is -3.17. The van der Waals surface area contributed by atoms with Crippen molar-refractivity contribution >= 4 is 15.8 Å². The molecule has 0 aliphatic carbocycles. The van der Waals surface area contributed by atoms with Crippen molar-refractivity contribution in [1.82, 2.24) is 0 Å². The van der Waals surface area contributed by atoms with Gasteiger partial charge in [0.25, 0.3) is 0 Å². The Bertz CT molecular complexity index is 346. The van der Waals surface area contributed by atoms with Crippen LogP contribution in [-0.4, -0.2) is 44.2 Å². The van der Waals surface area contributed by atoms with E-state index in [0.29, 0.717) is 0 Å². The van der Waals surface area contributed by atoms with Crippen LogP contribution in [0.1, 0.15) is 0 Å². The first-order valence-corrected chi connectivity index (χ1v) is 5.80. The molecule has 2 heterocycles. The van der Waals surface area contributed by atoms with Gasteiger partial charge in [-0.3, -0.25) is 4.79 Å². The summed E-state index contributed by atoms with van der Waals surface area (Å²) in [5.41, 5.74) is -1.15. The topological polar surface area (TPSA) is 80.7 Å². The molecule has 2 aliphatic heterocycles. The molecule has 2 aliphatic rings. The number of carboxylic acids is 1. The molecular weight excluding hydrogens is 196 g/mol. The molecule has 0 aromatic heterocycles. The summed E-state index contributed by atoms with van der Waals surface area (Å²) in [6, 6.07) is 0. The zero-order valence-corrected chi connectivity index (χ0v) is 7.71. The second-order valence-corrected chi connectivity index (χ2v) is 5.84. The predicted molar refractivity (Wildman–Crippen MR) is 43.0 cm³/mol. The van der Waals surface area contributed by atoms with E-state index in [2.05, 4.69) is 0 Å². The largest absolute Gasteiger partial charge is 0.481 e. The highest BCUT2D eigenvalue weighted by atomic mass is 32.2. The average Bonchev–Trinajstić information content (AvgIpc) is 2.40. The third-order valence-corrected chi connectivity index (χ3v) is 4.68. The molecule has 5 nitrogen and oxygen atoms in total. The van der Waals surface area contributed by atoms with Crippen LogP contribution in [0, 0.1) is 11.3 Å². The van der Waals surface area contributed by atoms with Crippen molar-refractivity contribution in [2.24, 2.45) is 11.3 Å². The van der Waals surface area contributed by atoms with E-state index in [0.717, 1.165) is 0 Å². The van der Waals surface area contributed by atoms with E-state index in [1.807, 2.05) is 0 Å². The van der Waals surface area contributed by atoms with E-state index in [4.69, 9.17) is 9.84 Å². The Morgan fingerprint density at radius 3 is 2.77 bits per heavy atom. The predicted octanol–water partition coefficient (Wildman–Crippen LogP) is -0.868. The Balaban J connectivity index is 2.41. The molecular formula is C7H10O5S. The first-order valence-electron chi connectivity index (χ1n) is 3.98. The Hall–Kier alpha value is -0.620. The number of ether oxygens (including phenoxy) is 1. The standard InChI is InChI=1S/C7H10O5S/c8-6(9)7-3-12-1-5(7)2-13(10,11)4-7/h5H,1-4H2,(H,8,9)/t5-,7+/m1/s1. The number of carbonyl (C=O) groups is 1. The van der Waals surface area contributed by atoms with Gasteiger partial charge in [-0.25, -0.2) is 8.42 Å². The number of hydrogen-bond donors (Lipinski definition) is 1. The molecule has 0 aromatic carbocycles. The molecule has 2 rings (SSSR count). The molecule has 0 amide bonds. The monoisotopic (exact) mass is 206 g/mol. The van der Waals surface area contributed by atoms with Crippen LogP contribution in [0.25, 0.3) is 0 Å². The highest BCUT2D eigenvalue weighted by Gasteiger charge is 2.59. The Morgan fingerprint density at radius 2 is 2.23 bits per heavy atom. The average molecular weight is 206 g/mol. The van der Waals surface area contributed by atoms with Gasteiger partial charge < -0.3 is 9.84 Å². The molecule has 2 fully saturated rings. The second kappa shape index (κ2) is 2.45. The molecule has 0 bridgehead atoms. The van der Waals surface area contributed by atoms with Gasteiger partial charge in [-0.2, -0.15) is 0 Å². The van der Waals surface area contributed by atoms with Crippen LogP contribution >= 0.6 is 0 Å². The van der Waals surface area contributed by atoms with Gasteiger partial charge >= 0.3 is 5.97 Å². The number of hydrogen-bond acceptors (Lipinski definition) is 4. The van der Waals surface area contributed by atoms with Gasteiger partial charge in [-0.1, -0.05) is 0 Å². The normalized spacial score (nSPS) is 41.7. The SMILES string of the molecule is O=C(O)[C@]12COC[C@@H]1CS(=O)(=O)C2. The van der Waals surface area contributed by atoms with Gasteiger partial charge in [0.1, 0.15) is 5.41 Å². The lowest BCUT2D eigenvalue weighted by Crippen LogP contribution is -2.37. The van der Waals surface area contributed by atoms with Crippen LogP contribution in [0.5, 0.6) is 0 Å². The minimum absolute atomic E-state index is 0.0340. The maximum Gasteiger partial charge on any atom is 0.313 e. The molecule has 2 saturated heterocycles. The van der Waals surface area contributed by atoms with Gasteiger partial charge in [0.05, 0.1) is 24.7 Å². The van der Waals surface area contributed by atoms with E-state index >= 15 is 0 Å². The fraction of sp³-hybridized carbons (Fsp3) is 0.857. The number of sulfone groups is 1. The molecule has 0 unspecified atom stereocenters. The lowest BCUT2D eigenvalue weighted by Gasteiger charge is -2.18. The van der Waals surface area contributed by atoms with Crippen molar-refractivity contribution in [2.45, 2.75) is 0 Å². The molecule has 74 valence electrons. The maximum atomic E-state index is 11.2. The van der Waals surface area contributed by atoms with Gasteiger partial charge in [0.2, 0.25) is 0 Å². The highest BCUT2D eigenvalue weighted by molar-refractivity contribution is 7.91. The van der Waals surface area contributed by atoms with Crippen LogP contribution in [0.3, 0.4) is 0 Å². The van der Waals surface area contributed by atoms with Crippen LogP contribution in [0.2, 0.25) is 0 Å². The van der Waals surface area contributed by atoms with Crippen molar-refractivity contribution in [1.29, 1.82) is 0 Å². The molecule has 1 N–H and O–H groups in total. The zero-order valence-electron chi connectivity index (χ0n) is 6.89. The summed E-state index contributed by atoms with van der Waals surface area (Å²) >= 11 is 0. The lowest BCUT2D eigenvalue weighted by molar-refractivity contribution is -0.148. The summed E-state index contributed by atoms with van der Waals surface area (Å²) < 4.78 is 27.5. The minimum Gasteiger partial charge on any atom is -0.481 e. The van der Waals surface area contributed by atoms with E-state index in [-0.39, 0.29) is 30.6 Å². The summed E-state index contributed by atoms with van der Waals surface area (Å²) in [4.78, 5) is 10.9. The fourth-order valence-corrected chi connectivity index (χ4v) is 4.46. The number of carboxylic acid groups (broad SMARTS) is 1. The van der Waals surface area contributed by atoms with Crippen LogP contribution in [-0.2, 0) is 19.4 Å². The van der Waals surface area contributed by atoms with Gasteiger partial charge in [-0.15, -0.1) is 0 Å². The molecule has 13 heavy (non-hydrogen) atoms. The van der Waals surface area contributed by atoms with Crippen LogP contribution in [0.4, 0.5) is 0 Å². The summed E-state index contributed by atoms with van der Waals surface area (Å²) in [5.74, 6) is -1.70. The van der Waals surface area contributed by atoms with Crippen molar-refractivity contribution in [3.63, 3.8) is 0 Å². The van der Waals surface area contributed by atoms with Gasteiger partial charge in [0, 0.05) is 5.92 Å². The van der Waals surface area contributed by atoms with Crippen molar-refractivity contribution in [3.05, 3.63) is 0 Å². The van der Waals surface area contributed by atoms with E-state index in [1.165, 1.54) is 0 Å². The third kappa shape index (κ3) is 1.16. The zero-order chi connectivity index (χ0) is 9.69. The van der Waals surface area contributed by atoms with Crippen molar-refractivity contribution in [3.8, 4) is 0 Å². The molecule has 0 saturated carbocycles. The van der Waals surface area contributed by atoms with Crippen molar-refractivity contribution < 1.29 is 23.1 Å². The second-order valence-electron chi connectivity index (χ2n) is 3.73. The lowest BCUT2D eigenvalue weighted by atomic mass is 9.81. The number of rotatable bonds is 1. The van der Waals surface area contributed by atoms with E-state index < -0.39 is 21.2 Å². The molecule has 0 aromatic rings. The highest BCUT2D eigenvalue weighted by Crippen LogP contribution is 2.42. The first-order chi connectivity index (χ1) is 5.96. The van der Waals surface area contributed by atoms with E-state index in [9.17, 15) is 13.2 Å². The quantitative estimate of drug-likeness (QED) is 0.603. The Kier molecular flexibility index (Phi) is 1.69. The summed E-state index contributed by atoms with van der Waals surface area (Å²) in [5, 5.41) is 8.96. The number of aliphatic carboxylic acids is 1. The molecule has 0 spiro atoms. The van der Waals surface area contributed by atoms with E-state index in [1.54, 1.807) is 0 Å². The number of fused-ring (bicyclic) bond motifs is 1. The Morgan fingerprint density at radius 1 is 1.54 bits per heavy atom. The third-order valence-electron chi connectivity index (χ3n) is 2.82. The molecule has 2 atom stereocenters. The Labute approximate surface area is 75.6 Å². The summed E-state index contributed by atoms with van der Waals surface area (Å²) in [6.07, 6.45) is 0.